The first kappa shape index (κ1) is 21.9. The molecule has 3 heterocycles. The molecule has 1 aliphatic rings. The van der Waals surface area contributed by atoms with Crippen LogP contribution in [-0.2, 0) is 22.7 Å². The zero-order valence-electron chi connectivity index (χ0n) is 15.6. The van der Waals surface area contributed by atoms with Crippen LogP contribution in [0.2, 0.25) is 0 Å². The van der Waals surface area contributed by atoms with Crippen molar-refractivity contribution in [1.29, 1.82) is 0 Å². The van der Waals surface area contributed by atoms with E-state index in [4.69, 9.17) is 0 Å². The fraction of sp³-hybridized carbons (Fsp3) is 0.474. The highest BCUT2D eigenvalue weighted by atomic mass is 35.5. The average molecular weight is 428 g/mol. The maximum Gasteiger partial charge on any atom is 0.228 e. The van der Waals surface area contributed by atoms with Crippen molar-refractivity contribution >= 4 is 46.9 Å². The fourth-order valence-electron chi connectivity index (χ4n) is 3.24. The number of nitrogens with one attached hydrogen (secondary N) is 3. The largest absolute Gasteiger partial charge is 0.351 e. The average Bonchev–Trinajstić information content (AvgIpc) is 3.33. The van der Waals surface area contributed by atoms with Crippen LogP contribution in [0.5, 0.6) is 0 Å². The summed E-state index contributed by atoms with van der Waals surface area (Å²) in [5.41, 5.74) is -0.651. The predicted octanol–water partition coefficient (Wildman–Crippen LogP) is 3.15. The van der Waals surface area contributed by atoms with Gasteiger partial charge in [0.25, 0.3) is 0 Å². The summed E-state index contributed by atoms with van der Waals surface area (Å²) in [6.45, 7) is 6.47. The standard InChI is InChI=1S/C19H25N3O2S2.ClH/c1-13-3-5-15(25-13)10-21-17(23)9-19(7-8-20-12-19)18(24)22-11-16-6-4-14(2)26-16;/h3-6,20H,7-12H2,1-2H3,(H,21,23)(H,22,24);1H. The molecule has 0 bridgehead atoms. The monoisotopic (exact) mass is 427 g/mol. The van der Waals surface area contributed by atoms with Gasteiger partial charge in [0, 0.05) is 32.5 Å². The molecule has 3 rings (SSSR count). The third-order valence-corrected chi connectivity index (χ3v) is 6.70. The van der Waals surface area contributed by atoms with Gasteiger partial charge in [-0.25, -0.2) is 0 Å². The van der Waals surface area contributed by atoms with Gasteiger partial charge in [-0.3, -0.25) is 9.59 Å². The van der Waals surface area contributed by atoms with E-state index in [1.807, 2.05) is 18.2 Å². The van der Waals surface area contributed by atoms with Crippen LogP contribution in [0.3, 0.4) is 0 Å². The lowest BCUT2D eigenvalue weighted by Crippen LogP contribution is -2.45. The molecule has 0 radical (unpaired) electrons. The van der Waals surface area contributed by atoms with Crippen molar-refractivity contribution in [2.75, 3.05) is 13.1 Å². The summed E-state index contributed by atoms with van der Waals surface area (Å²) in [5, 5.41) is 9.24. The van der Waals surface area contributed by atoms with E-state index in [1.54, 1.807) is 22.7 Å². The van der Waals surface area contributed by atoms with Gasteiger partial charge in [-0.2, -0.15) is 0 Å². The first-order chi connectivity index (χ1) is 12.5. The Morgan fingerprint density at radius 2 is 1.63 bits per heavy atom. The number of hydrogen-bond donors (Lipinski definition) is 3. The van der Waals surface area contributed by atoms with Gasteiger partial charge < -0.3 is 16.0 Å². The molecular weight excluding hydrogens is 402 g/mol. The summed E-state index contributed by atoms with van der Waals surface area (Å²) in [6, 6.07) is 8.17. The summed E-state index contributed by atoms with van der Waals surface area (Å²) in [6.07, 6.45) is 0.910. The Morgan fingerprint density at radius 1 is 1.04 bits per heavy atom. The molecule has 1 unspecified atom stereocenters. The minimum Gasteiger partial charge on any atom is -0.351 e. The van der Waals surface area contributed by atoms with E-state index in [0.717, 1.165) is 16.3 Å². The molecule has 2 aromatic heterocycles. The maximum absolute atomic E-state index is 12.8. The SMILES string of the molecule is Cc1ccc(CNC(=O)CC2(C(=O)NCc3ccc(C)s3)CCNC2)s1.Cl. The molecule has 1 fully saturated rings. The highest BCUT2D eigenvalue weighted by Gasteiger charge is 2.42. The predicted molar refractivity (Wildman–Crippen MR) is 114 cm³/mol. The van der Waals surface area contributed by atoms with Gasteiger partial charge in [0.1, 0.15) is 0 Å². The molecule has 0 spiro atoms. The molecule has 27 heavy (non-hydrogen) atoms. The third kappa shape index (κ3) is 5.78. The van der Waals surface area contributed by atoms with E-state index in [0.29, 0.717) is 26.1 Å². The second kappa shape index (κ2) is 9.68. The topological polar surface area (TPSA) is 70.2 Å². The summed E-state index contributed by atoms with van der Waals surface area (Å²) >= 11 is 3.36. The minimum atomic E-state index is -0.651. The highest BCUT2D eigenvalue weighted by molar-refractivity contribution is 7.12. The molecule has 3 N–H and O–H groups in total. The molecular formula is C19H26ClN3O2S2. The molecule has 8 heteroatoms. The van der Waals surface area contributed by atoms with Gasteiger partial charge in [-0.1, -0.05) is 0 Å². The van der Waals surface area contributed by atoms with E-state index < -0.39 is 5.41 Å². The number of thiophene rings is 2. The normalized spacial score (nSPS) is 18.7. The molecule has 0 aliphatic carbocycles. The first-order valence-corrected chi connectivity index (χ1v) is 10.5. The van der Waals surface area contributed by atoms with Gasteiger partial charge in [0.05, 0.1) is 18.5 Å². The second-order valence-corrected chi connectivity index (χ2v) is 9.61. The van der Waals surface area contributed by atoms with Gasteiger partial charge >= 0.3 is 0 Å². The van der Waals surface area contributed by atoms with E-state index >= 15 is 0 Å². The minimum absolute atomic E-state index is 0. The number of rotatable bonds is 7. The Kier molecular flexibility index (Phi) is 7.85. The van der Waals surface area contributed by atoms with Crippen LogP contribution in [0.4, 0.5) is 0 Å². The number of halogens is 1. The second-order valence-electron chi connectivity index (χ2n) is 6.87. The molecule has 1 atom stereocenters. The van der Waals surface area contributed by atoms with E-state index in [-0.39, 0.29) is 30.6 Å². The number of amides is 2. The molecule has 1 saturated heterocycles. The van der Waals surface area contributed by atoms with Crippen LogP contribution < -0.4 is 16.0 Å². The maximum atomic E-state index is 12.8. The summed E-state index contributed by atoms with van der Waals surface area (Å²) in [5.74, 6) is -0.0995. The van der Waals surface area contributed by atoms with Gasteiger partial charge in [-0.15, -0.1) is 35.1 Å². The van der Waals surface area contributed by atoms with Crippen molar-refractivity contribution in [3.8, 4) is 0 Å². The molecule has 5 nitrogen and oxygen atoms in total. The number of hydrogen-bond acceptors (Lipinski definition) is 5. The summed E-state index contributed by atoms with van der Waals surface area (Å²) < 4.78 is 0. The van der Waals surface area contributed by atoms with Crippen LogP contribution in [0.15, 0.2) is 24.3 Å². The van der Waals surface area contributed by atoms with Crippen LogP contribution in [0.25, 0.3) is 0 Å². The lowest BCUT2D eigenvalue weighted by atomic mass is 9.82. The van der Waals surface area contributed by atoms with Crippen LogP contribution >= 0.6 is 35.1 Å². The lowest BCUT2D eigenvalue weighted by Gasteiger charge is -2.26. The fourth-order valence-corrected chi connectivity index (χ4v) is 4.90. The molecule has 148 valence electrons. The van der Waals surface area contributed by atoms with E-state index in [9.17, 15) is 9.59 Å². The van der Waals surface area contributed by atoms with Gasteiger partial charge in [0.15, 0.2) is 0 Å². The number of carbonyl (C=O) groups is 2. The summed E-state index contributed by atoms with van der Waals surface area (Å²) in [7, 11) is 0. The van der Waals surface area contributed by atoms with Crippen molar-refractivity contribution in [3.05, 3.63) is 43.8 Å². The molecule has 0 aromatic carbocycles. The van der Waals surface area contributed by atoms with Crippen LogP contribution in [-0.4, -0.2) is 24.9 Å². The van der Waals surface area contributed by atoms with Crippen molar-refractivity contribution < 1.29 is 9.59 Å². The Labute approximate surface area is 174 Å². The van der Waals surface area contributed by atoms with Crippen molar-refractivity contribution in [3.63, 3.8) is 0 Å². The number of carbonyl (C=O) groups excluding carboxylic acids is 2. The van der Waals surface area contributed by atoms with E-state index in [1.165, 1.54) is 9.75 Å². The highest BCUT2D eigenvalue weighted by Crippen LogP contribution is 2.30. The zero-order valence-corrected chi connectivity index (χ0v) is 18.0. The number of aryl methyl sites for hydroxylation is 2. The van der Waals surface area contributed by atoms with Crippen molar-refractivity contribution in [1.82, 2.24) is 16.0 Å². The molecule has 2 amide bonds. The zero-order chi connectivity index (χ0) is 18.6. The Balaban J connectivity index is 0.00000261. The first-order valence-electron chi connectivity index (χ1n) is 8.83. The van der Waals surface area contributed by atoms with Gasteiger partial charge in [0.2, 0.25) is 11.8 Å². The van der Waals surface area contributed by atoms with Crippen LogP contribution in [0.1, 0.15) is 32.4 Å². The smallest absolute Gasteiger partial charge is 0.228 e. The lowest BCUT2D eigenvalue weighted by molar-refractivity contribution is -0.135. The van der Waals surface area contributed by atoms with Crippen molar-refractivity contribution in [2.24, 2.45) is 5.41 Å². The Bertz CT molecular complexity index is 782. The van der Waals surface area contributed by atoms with E-state index in [2.05, 4.69) is 35.9 Å². The van der Waals surface area contributed by atoms with Crippen LogP contribution in [0, 0.1) is 19.3 Å². The van der Waals surface area contributed by atoms with Crippen molar-refractivity contribution in [2.45, 2.75) is 39.8 Å². The van der Waals surface area contributed by atoms with Gasteiger partial charge in [-0.05, 0) is 51.1 Å². The Hall–Kier alpha value is -1.41. The quantitative estimate of drug-likeness (QED) is 0.635. The third-order valence-electron chi connectivity index (χ3n) is 4.70. The molecule has 1 aliphatic heterocycles. The molecule has 0 saturated carbocycles. The molecule has 2 aromatic rings. The summed E-state index contributed by atoms with van der Waals surface area (Å²) in [4.78, 5) is 30.0. The Morgan fingerprint density at radius 3 is 2.11 bits per heavy atom.